The lowest BCUT2D eigenvalue weighted by Gasteiger charge is -2.02. The van der Waals surface area contributed by atoms with E-state index >= 15 is 0 Å². The van der Waals surface area contributed by atoms with Gasteiger partial charge < -0.3 is 0 Å². The lowest BCUT2D eigenvalue weighted by Crippen LogP contribution is -1.78. The van der Waals surface area contributed by atoms with Gasteiger partial charge in [0.15, 0.2) is 0 Å². The SMILES string of the molecule is Brc1ccc(C=Cc2ccc(-c3ccccc3)cc2)cc1. The monoisotopic (exact) mass is 334 g/mol. The van der Waals surface area contributed by atoms with Crippen LogP contribution in [0.2, 0.25) is 0 Å². The van der Waals surface area contributed by atoms with Crippen molar-refractivity contribution in [1.29, 1.82) is 0 Å². The summed E-state index contributed by atoms with van der Waals surface area (Å²) in [5, 5.41) is 0. The second-order valence-corrected chi connectivity index (χ2v) is 5.79. The summed E-state index contributed by atoms with van der Waals surface area (Å²) in [6, 6.07) is 27.4. The van der Waals surface area contributed by atoms with E-state index in [0.717, 1.165) is 4.47 Å². The molecule has 0 saturated carbocycles. The van der Waals surface area contributed by atoms with Crippen LogP contribution in [0.3, 0.4) is 0 Å². The molecule has 0 nitrogen and oxygen atoms in total. The Kier molecular flexibility index (Phi) is 4.32. The van der Waals surface area contributed by atoms with Gasteiger partial charge in [-0.3, -0.25) is 0 Å². The van der Waals surface area contributed by atoms with E-state index in [1.807, 2.05) is 6.07 Å². The minimum atomic E-state index is 1.10. The van der Waals surface area contributed by atoms with Crippen LogP contribution < -0.4 is 0 Å². The van der Waals surface area contributed by atoms with Gasteiger partial charge in [0.1, 0.15) is 0 Å². The minimum absolute atomic E-state index is 1.10. The summed E-state index contributed by atoms with van der Waals surface area (Å²) in [6.45, 7) is 0. The first-order valence-electron chi connectivity index (χ1n) is 6.90. The molecule has 3 aromatic rings. The molecule has 0 heterocycles. The number of hydrogen-bond donors (Lipinski definition) is 0. The minimum Gasteiger partial charge on any atom is -0.0622 e. The zero-order chi connectivity index (χ0) is 14.5. The van der Waals surface area contributed by atoms with Crippen molar-refractivity contribution in [3.05, 3.63) is 94.5 Å². The van der Waals surface area contributed by atoms with Crippen molar-refractivity contribution >= 4 is 28.1 Å². The highest BCUT2D eigenvalue weighted by Crippen LogP contribution is 2.20. The Hall–Kier alpha value is -2.12. The Labute approximate surface area is 133 Å². The van der Waals surface area contributed by atoms with Crippen LogP contribution in [0.4, 0.5) is 0 Å². The Morgan fingerprint density at radius 2 is 1.00 bits per heavy atom. The second kappa shape index (κ2) is 6.55. The fourth-order valence-corrected chi connectivity index (χ4v) is 2.45. The summed E-state index contributed by atoms with van der Waals surface area (Å²) in [6.07, 6.45) is 4.27. The van der Waals surface area contributed by atoms with E-state index in [1.54, 1.807) is 0 Å². The highest BCUT2D eigenvalue weighted by molar-refractivity contribution is 9.10. The summed E-state index contributed by atoms with van der Waals surface area (Å²) in [4.78, 5) is 0. The van der Waals surface area contributed by atoms with Crippen LogP contribution in [-0.2, 0) is 0 Å². The van der Waals surface area contributed by atoms with E-state index in [9.17, 15) is 0 Å². The number of rotatable bonds is 3. The van der Waals surface area contributed by atoms with Crippen molar-refractivity contribution < 1.29 is 0 Å². The molecule has 102 valence electrons. The number of benzene rings is 3. The first kappa shape index (κ1) is 13.8. The van der Waals surface area contributed by atoms with E-state index < -0.39 is 0 Å². The molecule has 0 spiro atoms. The molecule has 0 saturated heterocycles. The topological polar surface area (TPSA) is 0 Å². The fraction of sp³-hybridized carbons (Fsp3) is 0. The van der Waals surface area contributed by atoms with Crippen molar-refractivity contribution in [3.8, 4) is 11.1 Å². The van der Waals surface area contributed by atoms with Gasteiger partial charge in [-0.05, 0) is 34.4 Å². The molecule has 3 aromatic carbocycles. The van der Waals surface area contributed by atoms with Crippen molar-refractivity contribution in [1.82, 2.24) is 0 Å². The average molecular weight is 335 g/mol. The summed E-state index contributed by atoms with van der Waals surface area (Å²) in [5.41, 5.74) is 4.90. The molecule has 0 bridgehead atoms. The van der Waals surface area contributed by atoms with E-state index in [0.29, 0.717) is 0 Å². The van der Waals surface area contributed by atoms with Crippen molar-refractivity contribution in [2.75, 3.05) is 0 Å². The van der Waals surface area contributed by atoms with Gasteiger partial charge in [-0.2, -0.15) is 0 Å². The lowest BCUT2D eigenvalue weighted by molar-refractivity contribution is 1.59. The van der Waals surface area contributed by atoms with Crippen LogP contribution in [0.15, 0.2) is 83.3 Å². The van der Waals surface area contributed by atoms with Crippen LogP contribution in [-0.4, -0.2) is 0 Å². The standard InChI is InChI=1S/C20H15Br/c21-20-14-10-17(11-15-20)7-6-16-8-12-19(13-9-16)18-4-2-1-3-5-18/h1-15H. The number of halogens is 1. The molecular formula is C20H15Br. The highest BCUT2D eigenvalue weighted by atomic mass is 79.9. The Morgan fingerprint density at radius 3 is 1.57 bits per heavy atom. The van der Waals surface area contributed by atoms with Crippen LogP contribution in [0.1, 0.15) is 11.1 Å². The zero-order valence-corrected chi connectivity index (χ0v) is 13.1. The maximum Gasteiger partial charge on any atom is 0.0175 e. The third kappa shape index (κ3) is 3.71. The van der Waals surface area contributed by atoms with Crippen LogP contribution >= 0.6 is 15.9 Å². The first-order valence-corrected chi connectivity index (χ1v) is 7.70. The Morgan fingerprint density at radius 1 is 0.524 bits per heavy atom. The molecule has 0 aliphatic carbocycles. The third-order valence-corrected chi connectivity index (χ3v) is 3.88. The van der Waals surface area contributed by atoms with E-state index in [-0.39, 0.29) is 0 Å². The summed E-state index contributed by atoms with van der Waals surface area (Å²) in [7, 11) is 0. The molecule has 0 aromatic heterocycles. The maximum atomic E-state index is 3.45. The van der Waals surface area contributed by atoms with Crippen LogP contribution in [0, 0.1) is 0 Å². The maximum absolute atomic E-state index is 3.45. The van der Waals surface area contributed by atoms with Crippen molar-refractivity contribution in [3.63, 3.8) is 0 Å². The predicted octanol–water partition coefficient (Wildman–Crippen LogP) is 6.29. The van der Waals surface area contributed by atoms with E-state index in [4.69, 9.17) is 0 Å². The molecule has 0 atom stereocenters. The molecule has 0 fully saturated rings. The molecule has 1 heteroatoms. The molecule has 0 radical (unpaired) electrons. The molecule has 0 aliphatic heterocycles. The van der Waals surface area contributed by atoms with Crippen LogP contribution in [0.25, 0.3) is 23.3 Å². The summed E-state index contributed by atoms with van der Waals surface area (Å²) < 4.78 is 1.10. The van der Waals surface area contributed by atoms with Crippen molar-refractivity contribution in [2.45, 2.75) is 0 Å². The van der Waals surface area contributed by atoms with Gasteiger partial charge in [-0.1, -0.05) is 94.8 Å². The largest absolute Gasteiger partial charge is 0.0622 e. The third-order valence-electron chi connectivity index (χ3n) is 3.36. The lowest BCUT2D eigenvalue weighted by atomic mass is 10.0. The molecule has 0 aliphatic rings. The first-order chi connectivity index (χ1) is 10.3. The fourth-order valence-electron chi connectivity index (χ4n) is 2.18. The van der Waals surface area contributed by atoms with Gasteiger partial charge in [-0.25, -0.2) is 0 Å². The summed E-state index contributed by atoms with van der Waals surface area (Å²) >= 11 is 3.45. The van der Waals surface area contributed by atoms with Gasteiger partial charge in [0.2, 0.25) is 0 Å². The van der Waals surface area contributed by atoms with Crippen molar-refractivity contribution in [2.24, 2.45) is 0 Å². The Balaban J connectivity index is 1.77. The second-order valence-electron chi connectivity index (χ2n) is 4.87. The van der Waals surface area contributed by atoms with Gasteiger partial charge >= 0.3 is 0 Å². The quantitative estimate of drug-likeness (QED) is 0.494. The number of hydrogen-bond acceptors (Lipinski definition) is 0. The Bertz CT molecular complexity index is 723. The average Bonchev–Trinajstić information content (AvgIpc) is 2.56. The predicted molar refractivity (Wildman–Crippen MR) is 94.9 cm³/mol. The van der Waals surface area contributed by atoms with Gasteiger partial charge in [0, 0.05) is 4.47 Å². The van der Waals surface area contributed by atoms with Gasteiger partial charge in [0.25, 0.3) is 0 Å². The molecule has 0 N–H and O–H groups in total. The highest BCUT2D eigenvalue weighted by Gasteiger charge is 1.95. The molecule has 0 amide bonds. The summed E-state index contributed by atoms with van der Waals surface area (Å²) in [5.74, 6) is 0. The molecular weight excluding hydrogens is 320 g/mol. The van der Waals surface area contributed by atoms with E-state index in [2.05, 4.69) is 101 Å². The molecule has 3 rings (SSSR count). The van der Waals surface area contributed by atoms with Gasteiger partial charge in [-0.15, -0.1) is 0 Å². The molecule has 21 heavy (non-hydrogen) atoms. The van der Waals surface area contributed by atoms with Gasteiger partial charge in [0.05, 0.1) is 0 Å². The zero-order valence-electron chi connectivity index (χ0n) is 11.5. The molecule has 0 unspecified atom stereocenters. The van der Waals surface area contributed by atoms with E-state index in [1.165, 1.54) is 22.3 Å². The smallest absolute Gasteiger partial charge is 0.0175 e. The normalized spacial score (nSPS) is 10.9. The van der Waals surface area contributed by atoms with Crippen LogP contribution in [0.5, 0.6) is 0 Å².